The summed E-state index contributed by atoms with van der Waals surface area (Å²) in [6.45, 7) is 3.88. The minimum absolute atomic E-state index is 0.197. The summed E-state index contributed by atoms with van der Waals surface area (Å²) in [4.78, 5) is 11.4. The second-order valence-corrected chi connectivity index (χ2v) is 4.89. The van der Waals surface area contributed by atoms with Gasteiger partial charge in [-0.3, -0.25) is 0 Å². The fourth-order valence-electron chi connectivity index (χ4n) is 1.90. The highest BCUT2D eigenvalue weighted by Crippen LogP contribution is 2.33. The molecule has 0 spiro atoms. The number of rotatable bonds is 1. The number of carbonyl (C=O) groups is 1. The summed E-state index contributed by atoms with van der Waals surface area (Å²) in [6, 6.07) is 5.37. The SMILES string of the molecule is CC1(C)NC(=O)Nc2ccc(NC(N)=S)cc21. The second kappa shape index (κ2) is 3.89. The quantitative estimate of drug-likeness (QED) is 0.572. The molecule has 5 nitrogen and oxygen atoms in total. The molecule has 17 heavy (non-hydrogen) atoms. The molecule has 2 rings (SSSR count). The van der Waals surface area contributed by atoms with Crippen LogP contribution in [-0.4, -0.2) is 11.1 Å². The highest BCUT2D eigenvalue weighted by molar-refractivity contribution is 7.80. The molecular formula is C11H14N4OS. The number of fused-ring (bicyclic) bond motifs is 1. The topological polar surface area (TPSA) is 79.2 Å². The number of urea groups is 1. The highest BCUT2D eigenvalue weighted by Gasteiger charge is 2.30. The van der Waals surface area contributed by atoms with Crippen LogP contribution in [0.2, 0.25) is 0 Å². The van der Waals surface area contributed by atoms with E-state index in [1.54, 1.807) is 0 Å². The van der Waals surface area contributed by atoms with E-state index in [0.29, 0.717) is 0 Å². The van der Waals surface area contributed by atoms with Gasteiger partial charge in [0.15, 0.2) is 5.11 Å². The van der Waals surface area contributed by atoms with Crippen molar-refractivity contribution in [1.82, 2.24) is 5.32 Å². The Labute approximate surface area is 105 Å². The van der Waals surface area contributed by atoms with Crippen LogP contribution in [-0.2, 0) is 5.54 Å². The summed E-state index contributed by atoms with van der Waals surface area (Å²) in [7, 11) is 0. The zero-order valence-corrected chi connectivity index (χ0v) is 10.4. The predicted octanol–water partition coefficient (Wildman–Crippen LogP) is 1.71. The van der Waals surface area contributed by atoms with Crippen LogP contribution in [0.4, 0.5) is 16.2 Å². The lowest BCUT2D eigenvalue weighted by Gasteiger charge is -2.34. The van der Waals surface area contributed by atoms with Gasteiger partial charge >= 0.3 is 6.03 Å². The molecule has 1 aromatic rings. The van der Waals surface area contributed by atoms with Crippen LogP contribution in [0.1, 0.15) is 19.4 Å². The Bertz CT molecular complexity index is 498. The van der Waals surface area contributed by atoms with E-state index in [-0.39, 0.29) is 11.1 Å². The second-order valence-electron chi connectivity index (χ2n) is 4.45. The van der Waals surface area contributed by atoms with Crippen LogP contribution in [0.5, 0.6) is 0 Å². The Morgan fingerprint density at radius 3 is 2.82 bits per heavy atom. The van der Waals surface area contributed by atoms with E-state index in [4.69, 9.17) is 18.0 Å². The Morgan fingerprint density at radius 1 is 1.47 bits per heavy atom. The van der Waals surface area contributed by atoms with Gasteiger partial charge in [-0.15, -0.1) is 0 Å². The highest BCUT2D eigenvalue weighted by atomic mass is 32.1. The Hall–Kier alpha value is -1.82. The van der Waals surface area contributed by atoms with Crippen LogP contribution < -0.4 is 21.7 Å². The van der Waals surface area contributed by atoms with Gasteiger partial charge in [0.2, 0.25) is 0 Å². The van der Waals surface area contributed by atoms with Crippen LogP contribution in [0, 0.1) is 0 Å². The number of anilines is 2. The molecule has 0 aromatic heterocycles. The number of amides is 2. The van der Waals surface area contributed by atoms with Crippen molar-refractivity contribution in [3.63, 3.8) is 0 Å². The Kier molecular flexibility index (Phi) is 2.66. The molecule has 0 saturated heterocycles. The average molecular weight is 250 g/mol. The summed E-state index contributed by atoms with van der Waals surface area (Å²) < 4.78 is 0. The van der Waals surface area contributed by atoms with Crippen LogP contribution in [0.25, 0.3) is 0 Å². The first-order chi connectivity index (χ1) is 7.88. The molecule has 1 aliphatic heterocycles. The van der Waals surface area contributed by atoms with Crippen molar-refractivity contribution in [2.24, 2.45) is 5.73 Å². The van der Waals surface area contributed by atoms with Crippen molar-refractivity contribution in [3.05, 3.63) is 23.8 Å². The van der Waals surface area contributed by atoms with Gasteiger partial charge in [-0.1, -0.05) is 0 Å². The molecule has 5 N–H and O–H groups in total. The lowest BCUT2D eigenvalue weighted by molar-refractivity contribution is 0.239. The standard InChI is InChI=1S/C11H14N4OS/c1-11(2)7-5-6(13-9(12)17)3-4-8(7)14-10(16)15-11/h3-5H,1-2H3,(H3,12,13,17)(H2,14,15,16). The molecule has 0 bridgehead atoms. The molecule has 1 heterocycles. The van der Waals surface area contributed by atoms with E-state index in [1.807, 2.05) is 32.0 Å². The van der Waals surface area contributed by atoms with Crippen molar-refractivity contribution in [1.29, 1.82) is 0 Å². The first kappa shape index (κ1) is 11.7. The number of thiocarbonyl (C=S) groups is 1. The first-order valence-electron chi connectivity index (χ1n) is 5.18. The molecule has 1 aromatic carbocycles. The normalized spacial score (nSPS) is 16.5. The fourth-order valence-corrected chi connectivity index (χ4v) is 2.01. The monoisotopic (exact) mass is 250 g/mol. The molecule has 0 aliphatic carbocycles. The molecule has 1 aliphatic rings. The van der Waals surface area contributed by atoms with E-state index in [1.165, 1.54) is 0 Å². The number of hydrogen-bond donors (Lipinski definition) is 4. The van der Waals surface area contributed by atoms with Gasteiger partial charge in [0.25, 0.3) is 0 Å². The minimum atomic E-state index is -0.425. The maximum atomic E-state index is 11.4. The largest absolute Gasteiger partial charge is 0.376 e. The average Bonchev–Trinajstić information content (AvgIpc) is 2.17. The van der Waals surface area contributed by atoms with Gasteiger partial charge < -0.3 is 21.7 Å². The molecule has 0 unspecified atom stereocenters. The van der Waals surface area contributed by atoms with Crippen molar-refractivity contribution in [3.8, 4) is 0 Å². The van der Waals surface area contributed by atoms with Gasteiger partial charge in [-0.25, -0.2) is 4.79 Å². The third-order valence-electron chi connectivity index (χ3n) is 2.63. The smallest absolute Gasteiger partial charge is 0.319 e. The van der Waals surface area contributed by atoms with E-state index in [0.717, 1.165) is 16.9 Å². The van der Waals surface area contributed by atoms with Crippen molar-refractivity contribution >= 4 is 34.7 Å². The van der Waals surface area contributed by atoms with Crippen molar-refractivity contribution < 1.29 is 4.79 Å². The first-order valence-corrected chi connectivity index (χ1v) is 5.59. The fraction of sp³-hybridized carbons (Fsp3) is 0.273. The summed E-state index contributed by atoms with van der Waals surface area (Å²) in [5, 5.41) is 8.70. The third kappa shape index (κ3) is 2.31. The van der Waals surface area contributed by atoms with E-state index in [2.05, 4.69) is 16.0 Å². The van der Waals surface area contributed by atoms with Gasteiger partial charge in [-0.05, 0) is 44.3 Å². The molecule has 0 radical (unpaired) electrons. The number of carbonyl (C=O) groups excluding carboxylic acids is 1. The molecule has 2 amide bonds. The van der Waals surface area contributed by atoms with Crippen LogP contribution >= 0.6 is 12.2 Å². The van der Waals surface area contributed by atoms with Crippen LogP contribution in [0.15, 0.2) is 18.2 Å². The zero-order chi connectivity index (χ0) is 12.6. The van der Waals surface area contributed by atoms with E-state index >= 15 is 0 Å². The zero-order valence-electron chi connectivity index (χ0n) is 9.63. The molecule has 90 valence electrons. The summed E-state index contributed by atoms with van der Waals surface area (Å²) in [6.07, 6.45) is 0. The number of hydrogen-bond acceptors (Lipinski definition) is 2. The summed E-state index contributed by atoms with van der Waals surface area (Å²) >= 11 is 4.79. The number of benzene rings is 1. The maximum absolute atomic E-state index is 11.4. The van der Waals surface area contributed by atoms with Gasteiger partial charge in [0, 0.05) is 16.9 Å². The molecule has 6 heteroatoms. The number of nitrogens with two attached hydrogens (primary N) is 1. The molecule has 0 atom stereocenters. The molecular weight excluding hydrogens is 236 g/mol. The van der Waals surface area contributed by atoms with E-state index in [9.17, 15) is 4.79 Å². The third-order valence-corrected chi connectivity index (χ3v) is 2.74. The lowest BCUT2D eigenvalue weighted by Crippen LogP contribution is -2.47. The minimum Gasteiger partial charge on any atom is -0.376 e. The number of nitrogens with one attached hydrogen (secondary N) is 3. The van der Waals surface area contributed by atoms with Gasteiger partial charge in [-0.2, -0.15) is 0 Å². The Balaban J connectivity index is 2.43. The van der Waals surface area contributed by atoms with Gasteiger partial charge in [0.05, 0.1) is 5.54 Å². The molecule has 0 fully saturated rings. The molecule has 0 saturated carbocycles. The summed E-state index contributed by atoms with van der Waals surface area (Å²) in [5.74, 6) is 0. The summed E-state index contributed by atoms with van der Waals surface area (Å²) in [5.41, 5.74) is 7.59. The van der Waals surface area contributed by atoms with Crippen LogP contribution in [0.3, 0.4) is 0 Å². The van der Waals surface area contributed by atoms with Crippen molar-refractivity contribution in [2.45, 2.75) is 19.4 Å². The predicted molar refractivity (Wildman–Crippen MR) is 72.0 cm³/mol. The van der Waals surface area contributed by atoms with Gasteiger partial charge in [0.1, 0.15) is 0 Å². The Morgan fingerprint density at radius 2 is 2.18 bits per heavy atom. The van der Waals surface area contributed by atoms with Crippen molar-refractivity contribution in [2.75, 3.05) is 10.6 Å². The van der Waals surface area contributed by atoms with E-state index < -0.39 is 5.54 Å². The maximum Gasteiger partial charge on any atom is 0.319 e. The lowest BCUT2D eigenvalue weighted by atomic mass is 9.90.